The molecule has 0 bridgehead atoms. The molecule has 3 aromatic rings. The first-order valence-electron chi connectivity index (χ1n) is 10.1. The van der Waals surface area contributed by atoms with Crippen molar-refractivity contribution in [2.24, 2.45) is 0 Å². The van der Waals surface area contributed by atoms with E-state index in [9.17, 15) is 5.11 Å². The van der Waals surface area contributed by atoms with Crippen molar-refractivity contribution in [2.45, 2.75) is 39.7 Å². The molecule has 1 aliphatic heterocycles. The minimum Gasteiger partial charge on any atom is -0.492 e. The molecule has 1 N–H and O–H groups in total. The maximum atomic E-state index is 10.9. The van der Waals surface area contributed by atoms with E-state index in [1.807, 2.05) is 6.92 Å². The Morgan fingerprint density at radius 3 is 2.29 bits per heavy atom. The number of aromatic hydroxyl groups is 1. The van der Waals surface area contributed by atoms with Crippen molar-refractivity contribution in [3.05, 3.63) is 46.1 Å². The van der Waals surface area contributed by atoms with E-state index in [0.717, 1.165) is 42.6 Å². The van der Waals surface area contributed by atoms with Crippen molar-refractivity contribution in [3.8, 4) is 5.88 Å². The van der Waals surface area contributed by atoms with Crippen LogP contribution in [0.3, 0.4) is 0 Å². The summed E-state index contributed by atoms with van der Waals surface area (Å²) in [5, 5.41) is 15.3. The molecular formula is C21H29N5OS. The van der Waals surface area contributed by atoms with Crippen molar-refractivity contribution < 1.29 is 5.11 Å². The number of hydrogen-bond acceptors (Lipinski definition) is 6. The number of thiazole rings is 1. The van der Waals surface area contributed by atoms with Crippen LogP contribution in [0.5, 0.6) is 5.88 Å². The first kappa shape index (κ1) is 19.4. The van der Waals surface area contributed by atoms with E-state index in [1.165, 1.54) is 11.1 Å². The van der Waals surface area contributed by atoms with Crippen molar-refractivity contribution >= 4 is 16.3 Å². The number of nitrogens with zero attached hydrogens (tertiary/aromatic N) is 5. The number of benzene rings is 1. The molecule has 0 saturated carbocycles. The van der Waals surface area contributed by atoms with Gasteiger partial charge in [-0.3, -0.25) is 4.90 Å². The first-order valence-corrected chi connectivity index (χ1v) is 10.9. The molecule has 0 aliphatic carbocycles. The zero-order valence-electron chi connectivity index (χ0n) is 17.1. The van der Waals surface area contributed by atoms with E-state index in [1.54, 1.807) is 15.9 Å². The Balaban J connectivity index is 1.74. The maximum absolute atomic E-state index is 10.9. The second-order valence-electron chi connectivity index (χ2n) is 7.84. The van der Waals surface area contributed by atoms with Gasteiger partial charge >= 0.3 is 0 Å². The van der Waals surface area contributed by atoms with Gasteiger partial charge in [0.05, 0.1) is 10.9 Å². The summed E-state index contributed by atoms with van der Waals surface area (Å²) in [6, 6.07) is 8.88. The van der Waals surface area contributed by atoms with Crippen molar-refractivity contribution in [1.29, 1.82) is 0 Å². The van der Waals surface area contributed by atoms with Crippen LogP contribution in [-0.2, 0) is 0 Å². The van der Waals surface area contributed by atoms with E-state index < -0.39 is 0 Å². The van der Waals surface area contributed by atoms with Crippen LogP contribution < -0.4 is 0 Å². The van der Waals surface area contributed by atoms with Gasteiger partial charge < -0.3 is 10.0 Å². The van der Waals surface area contributed by atoms with Gasteiger partial charge in [0, 0.05) is 26.2 Å². The minimum absolute atomic E-state index is 0.0222. The highest BCUT2D eigenvalue weighted by atomic mass is 32.1. The van der Waals surface area contributed by atoms with Gasteiger partial charge in [-0.15, -0.1) is 5.10 Å². The third-order valence-corrected chi connectivity index (χ3v) is 6.76. The van der Waals surface area contributed by atoms with Gasteiger partial charge in [0.2, 0.25) is 10.8 Å². The maximum Gasteiger partial charge on any atom is 0.230 e. The van der Waals surface area contributed by atoms with E-state index in [-0.39, 0.29) is 11.9 Å². The highest BCUT2D eigenvalue weighted by Gasteiger charge is 2.31. The van der Waals surface area contributed by atoms with Gasteiger partial charge in [-0.05, 0) is 30.5 Å². The Morgan fingerprint density at radius 2 is 1.71 bits per heavy atom. The summed E-state index contributed by atoms with van der Waals surface area (Å²) in [5.41, 5.74) is 2.55. The quantitative estimate of drug-likeness (QED) is 0.710. The normalized spacial score (nSPS) is 17.6. The molecular weight excluding hydrogens is 370 g/mol. The Bertz CT molecular complexity index is 938. The van der Waals surface area contributed by atoms with Crippen LogP contribution in [-0.4, -0.2) is 62.2 Å². The van der Waals surface area contributed by atoms with Crippen molar-refractivity contribution in [3.63, 3.8) is 0 Å². The number of aromatic nitrogens is 3. The smallest absolute Gasteiger partial charge is 0.230 e. The largest absolute Gasteiger partial charge is 0.492 e. The Labute approximate surface area is 170 Å². The number of aryl methyl sites for hydroxylation is 1. The molecule has 1 atom stereocenters. The molecule has 1 saturated heterocycles. The van der Waals surface area contributed by atoms with Crippen LogP contribution in [0.25, 0.3) is 4.96 Å². The van der Waals surface area contributed by atoms with Crippen LogP contribution in [0, 0.1) is 6.92 Å². The highest BCUT2D eigenvalue weighted by molar-refractivity contribution is 7.17. The SMILES string of the molecule is CCN1CCN([C@@H](c2ccc(C(C)C)cc2)c2sc3nc(C)nn3c2O)CC1. The predicted molar refractivity (Wildman–Crippen MR) is 113 cm³/mol. The Kier molecular flexibility index (Phi) is 5.40. The second-order valence-corrected chi connectivity index (χ2v) is 8.85. The third-order valence-electron chi connectivity index (χ3n) is 5.69. The molecule has 1 fully saturated rings. The number of piperazine rings is 1. The number of hydrogen-bond donors (Lipinski definition) is 1. The van der Waals surface area contributed by atoms with Gasteiger partial charge in [0.1, 0.15) is 5.82 Å². The summed E-state index contributed by atoms with van der Waals surface area (Å²) in [6.07, 6.45) is 0. The zero-order valence-corrected chi connectivity index (χ0v) is 17.9. The van der Waals surface area contributed by atoms with Crippen LogP contribution in [0.15, 0.2) is 24.3 Å². The molecule has 3 heterocycles. The molecule has 0 unspecified atom stereocenters. The molecule has 1 aromatic carbocycles. The van der Waals surface area contributed by atoms with Crippen molar-refractivity contribution in [1.82, 2.24) is 24.4 Å². The number of fused-ring (bicyclic) bond motifs is 1. The van der Waals surface area contributed by atoms with E-state index in [0.29, 0.717) is 11.7 Å². The van der Waals surface area contributed by atoms with Crippen LogP contribution in [0.1, 0.15) is 54.6 Å². The lowest BCUT2D eigenvalue weighted by atomic mass is 9.97. The molecule has 0 radical (unpaired) electrons. The van der Waals surface area contributed by atoms with E-state index >= 15 is 0 Å². The second kappa shape index (κ2) is 7.81. The fourth-order valence-corrected chi connectivity index (χ4v) is 5.12. The standard InChI is InChI=1S/C21H29N5OS/c1-5-24-10-12-25(13-11-24)18(17-8-6-16(7-9-17)14(2)3)19-20(27)26-21(28-19)22-15(4)23-26/h6-9,14,18,27H,5,10-13H2,1-4H3/t18-/m0/s1. The lowest BCUT2D eigenvalue weighted by molar-refractivity contribution is 0.113. The first-order chi connectivity index (χ1) is 13.5. The Hall–Kier alpha value is -1.96. The van der Waals surface area contributed by atoms with E-state index in [2.05, 4.69) is 64.9 Å². The molecule has 28 heavy (non-hydrogen) atoms. The lowest BCUT2D eigenvalue weighted by Gasteiger charge is -2.38. The molecule has 1 aliphatic rings. The average molecular weight is 400 g/mol. The monoisotopic (exact) mass is 399 g/mol. The van der Waals surface area contributed by atoms with Crippen LogP contribution in [0.2, 0.25) is 0 Å². The molecule has 150 valence electrons. The molecule has 7 heteroatoms. The summed E-state index contributed by atoms with van der Waals surface area (Å²) < 4.78 is 1.58. The van der Waals surface area contributed by atoms with Crippen LogP contribution in [0.4, 0.5) is 0 Å². The van der Waals surface area contributed by atoms with E-state index in [4.69, 9.17) is 0 Å². The molecule has 0 amide bonds. The van der Waals surface area contributed by atoms with Gasteiger partial charge in [-0.25, -0.2) is 4.98 Å². The summed E-state index contributed by atoms with van der Waals surface area (Å²) in [6.45, 7) is 13.7. The topological polar surface area (TPSA) is 56.9 Å². The highest BCUT2D eigenvalue weighted by Crippen LogP contribution is 2.40. The molecule has 6 nitrogen and oxygen atoms in total. The summed E-state index contributed by atoms with van der Waals surface area (Å²) in [4.78, 5) is 11.1. The Morgan fingerprint density at radius 1 is 1.07 bits per heavy atom. The fraction of sp³-hybridized carbons (Fsp3) is 0.524. The van der Waals surface area contributed by atoms with Gasteiger partial charge in [-0.1, -0.05) is 56.4 Å². The third kappa shape index (κ3) is 3.54. The average Bonchev–Trinajstić information content (AvgIpc) is 3.20. The lowest BCUT2D eigenvalue weighted by Crippen LogP contribution is -2.47. The molecule has 4 rings (SSSR count). The van der Waals surface area contributed by atoms with Crippen molar-refractivity contribution in [2.75, 3.05) is 32.7 Å². The number of rotatable bonds is 5. The predicted octanol–water partition coefficient (Wildman–Crippen LogP) is 3.66. The minimum atomic E-state index is 0.0222. The number of likely N-dealkylation sites (N-methyl/N-ethyl adjacent to an activating group) is 1. The summed E-state index contributed by atoms with van der Waals surface area (Å²) in [7, 11) is 0. The molecule has 0 spiro atoms. The summed E-state index contributed by atoms with van der Waals surface area (Å²) in [5.74, 6) is 1.41. The fourth-order valence-electron chi connectivity index (χ4n) is 3.96. The summed E-state index contributed by atoms with van der Waals surface area (Å²) >= 11 is 1.54. The van der Waals surface area contributed by atoms with Gasteiger partial charge in [0.25, 0.3) is 0 Å². The van der Waals surface area contributed by atoms with Gasteiger partial charge in [0.15, 0.2) is 0 Å². The molecule has 2 aromatic heterocycles. The van der Waals surface area contributed by atoms with Gasteiger partial charge in [-0.2, -0.15) is 4.52 Å². The van der Waals surface area contributed by atoms with Crippen LogP contribution >= 0.6 is 11.3 Å². The zero-order chi connectivity index (χ0) is 19.8.